The highest BCUT2D eigenvalue weighted by atomic mass is 16.7. The topological polar surface area (TPSA) is 46.2 Å². The summed E-state index contributed by atoms with van der Waals surface area (Å²) in [6.07, 6.45) is 4.08. The van der Waals surface area contributed by atoms with Crippen LogP contribution in [0, 0.1) is 22.7 Å². The van der Waals surface area contributed by atoms with Crippen molar-refractivity contribution in [2.45, 2.75) is 106 Å². The van der Waals surface area contributed by atoms with E-state index in [4.69, 9.17) is 23.7 Å². The quantitative estimate of drug-likeness (QED) is 0.478. The first-order chi connectivity index (χ1) is 13.4. The lowest BCUT2D eigenvalue weighted by Crippen LogP contribution is -2.25. The molecule has 2 aliphatic heterocycles. The summed E-state index contributed by atoms with van der Waals surface area (Å²) >= 11 is 0. The fourth-order valence-corrected chi connectivity index (χ4v) is 4.68. The number of ether oxygens (including phenoxy) is 5. The van der Waals surface area contributed by atoms with Crippen molar-refractivity contribution in [1.82, 2.24) is 0 Å². The Morgan fingerprint density at radius 1 is 0.724 bits per heavy atom. The van der Waals surface area contributed by atoms with E-state index in [1.807, 2.05) is 0 Å². The van der Waals surface area contributed by atoms with E-state index >= 15 is 0 Å². The average molecular weight is 415 g/mol. The summed E-state index contributed by atoms with van der Waals surface area (Å²) < 4.78 is 29.5. The van der Waals surface area contributed by atoms with Gasteiger partial charge in [0.15, 0.2) is 12.6 Å². The van der Waals surface area contributed by atoms with Gasteiger partial charge in [0.1, 0.15) is 12.2 Å². The summed E-state index contributed by atoms with van der Waals surface area (Å²) in [5.41, 5.74) is 0.679. The van der Waals surface area contributed by atoms with Gasteiger partial charge in [0.25, 0.3) is 0 Å². The fourth-order valence-electron chi connectivity index (χ4n) is 4.68. The minimum Gasteiger partial charge on any atom is -0.376 e. The van der Waals surface area contributed by atoms with E-state index in [-0.39, 0.29) is 24.8 Å². The second-order valence-corrected chi connectivity index (χ2v) is 11.8. The Bertz CT molecular complexity index is 425. The van der Waals surface area contributed by atoms with Gasteiger partial charge in [-0.1, -0.05) is 55.4 Å². The highest BCUT2D eigenvalue weighted by molar-refractivity contribution is 4.73. The molecular formula is C24H46O5. The molecule has 0 aromatic carbocycles. The van der Waals surface area contributed by atoms with Crippen LogP contribution in [0.25, 0.3) is 0 Å². The molecule has 2 saturated heterocycles. The smallest absolute Gasteiger partial charge is 0.158 e. The zero-order chi connectivity index (χ0) is 21.7. The van der Waals surface area contributed by atoms with Gasteiger partial charge in [-0.3, -0.25) is 0 Å². The molecule has 0 aromatic heterocycles. The van der Waals surface area contributed by atoms with Crippen LogP contribution < -0.4 is 0 Å². The molecule has 5 heteroatoms. The van der Waals surface area contributed by atoms with E-state index in [0.29, 0.717) is 49.1 Å². The Morgan fingerprint density at radius 3 is 1.45 bits per heavy atom. The normalized spacial score (nSPS) is 30.6. The molecule has 2 fully saturated rings. The monoisotopic (exact) mass is 414 g/mol. The van der Waals surface area contributed by atoms with Crippen molar-refractivity contribution >= 4 is 0 Å². The standard InChI is InChI=1S/C24H46O5/c1-17(11-23(3,4)5)9-21-26-15-19(28-21)13-25-14-20-16-27-22(29-20)10-18(2)12-24(6,7)8/h17-22H,9-16H2,1-8H3. The molecule has 0 spiro atoms. The molecule has 2 aliphatic rings. The third-order valence-corrected chi connectivity index (χ3v) is 5.34. The molecule has 5 nitrogen and oxygen atoms in total. The average Bonchev–Trinajstić information content (AvgIpc) is 3.13. The maximum Gasteiger partial charge on any atom is 0.158 e. The van der Waals surface area contributed by atoms with Crippen LogP contribution in [0.15, 0.2) is 0 Å². The van der Waals surface area contributed by atoms with Crippen LogP contribution in [0.5, 0.6) is 0 Å². The second-order valence-electron chi connectivity index (χ2n) is 11.8. The lowest BCUT2D eigenvalue weighted by atomic mass is 9.84. The Kier molecular flexibility index (Phi) is 9.42. The van der Waals surface area contributed by atoms with Crippen LogP contribution in [-0.4, -0.2) is 51.2 Å². The van der Waals surface area contributed by atoms with Gasteiger partial charge in [-0.2, -0.15) is 0 Å². The lowest BCUT2D eigenvalue weighted by molar-refractivity contribution is -0.0987. The molecular weight excluding hydrogens is 368 g/mol. The minimum absolute atomic E-state index is 0.0202. The van der Waals surface area contributed by atoms with Crippen LogP contribution in [-0.2, 0) is 23.7 Å². The third kappa shape index (κ3) is 10.6. The summed E-state index contributed by atoms with van der Waals surface area (Å²) in [7, 11) is 0. The summed E-state index contributed by atoms with van der Waals surface area (Å²) in [5, 5.41) is 0. The molecule has 6 atom stereocenters. The van der Waals surface area contributed by atoms with Gasteiger partial charge in [-0.05, 0) is 35.5 Å². The van der Waals surface area contributed by atoms with E-state index in [2.05, 4.69) is 55.4 Å². The van der Waals surface area contributed by atoms with Crippen molar-refractivity contribution in [2.24, 2.45) is 22.7 Å². The molecule has 0 bridgehead atoms. The largest absolute Gasteiger partial charge is 0.376 e. The molecule has 0 saturated carbocycles. The third-order valence-electron chi connectivity index (χ3n) is 5.34. The van der Waals surface area contributed by atoms with Crippen molar-refractivity contribution in [3.63, 3.8) is 0 Å². The van der Waals surface area contributed by atoms with Crippen LogP contribution >= 0.6 is 0 Å². The van der Waals surface area contributed by atoms with Gasteiger partial charge in [0, 0.05) is 12.8 Å². The molecule has 0 aromatic rings. The van der Waals surface area contributed by atoms with Crippen molar-refractivity contribution in [2.75, 3.05) is 26.4 Å². The van der Waals surface area contributed by atoms with Crippen molar-refractivity contribution in [3.05, 3.63) is 0 Å². The molecule has 172 valence electrons. The molecule has 0 aliphatic carbocycles. The molecule has 29 heavy (non-hydrogen) atoms. The maximum absolute atomic E-state index is 6.01. The SMILES string of the molecule is CC(CC1OCC(COCC2COC(CC(C)CC(C)(C)C)O2)O1)CC(C)(C)C. The highest BCUT2D eigenvalue weighted by Gasteiger charge is 2.31. The number of hydrogen-bond acceptors (Lipinski definition) is 5. The molecule has 0 N–H and O–H groups in total. The van der Waals surface area contributed by atoms with Crippen LogP contribution in [0.4, 0.5) is 0 Å². The Hall–Kier alpha value is -0.200. The van der Waals surface area contributed by atoms with E-state index < -0.39 is 0 Å². The highest BCUT2D eigenvalue weighted by Crippen LogP contribution is 2.30. The fraction of sp³-hybridized carbons (Fsp3) is 1.00. The van der Waals surface area contributed by atoms with E-state index in [1.54, 1.807) is 0 Å². The minimum atomic E-state index is -0.0966. The van der Waals surface area contributed by atoms with Crippen molar-refractivity contribution < 1.29 is 23.7 Å². The first-order valence-electron chi connectivity index (χ1n) is 11.5. The molecule has 2 rings (SSSR count). The summed E-state index contributed by atoms with van der Waals surface area (Å²) in [6.45, 7) is 20.6. The number of hydrogen-bond donors (Lipinski definition) is 0. The van der Waals surface area contributed by atoms with E-state index in [1.165, 1.54) is 12.8 Å². The maximum atomic E-state index is 6.01. The van der Waals surface area contributed by atoms with Gasteiger partial charge in [-0.25, -0.2) is 0 Å². The van der Waals surface area contributed by atoms with Crippen LogP contribution in [0.3, 0.4) is 0 Å². The second kappa shape index (κ2) is 10.9. The Morgan fingerprint density at radius 2 is 1.10 bits per heavy atom. The number of rotatable bonds is 10. The summed E-state index contributed by atoms with van der Waals surface area (Å²) in [6, 6.07) is 0. The van der Waals surface area contributed by atoms with Gasteiger partial charge in [-0.15, -0.1) is 0 Å². The first-order valence-corrected chi connectivity index (χ1v) is 11.5. The Labute approximate surface area is 179 Å². The molecule has 0 radical (unpaired) electrons. The van der Waals surface area contributed by atoms with Crippen molar-refractivity contribution in [1.29, 1.82) is 0 Å². The van der Waals surface area contributed by atoms with Crippen LogP contribution in [0.2, 0.25) is 0 Å². The van der Waals surface area contributed by atoms with Gasteiger partial charge in [0.05, 0.1) is 26.4 Å². The Balaban J connectivity index is 1.57. The molecule has 0 amide bonds. The van der Waals surface area contributed by atoms with Crippen LogP contribution in [0.1, 0.15) is 81.1 Å². The predicted molar refractivity (Wildman–Crippen MR) is 116 cm³/mol. The predicted octanol–water partition coefficient (Wildman–Crippen LogP) is 5.41. The van der Waals surface area contributed by atoms with Gasteiger partial charge in [0.2, 0.25) is 0 Å². The summed E-state index contributed by atoms with van der Waals surface area (Å²) in [4.78, 5) is 0. The van der Waals surface area contributed by atoms with E-state index in [0.717, 1.165) is 12.8 Å². The lowest BCUT2D eigenvalue weighted by Gasteiger charge is -2.24. The van der Waals surface area contributed by atoms with Gasteiger partial charge < -0.3 is 23.7 Å². The zero-order valence-electron chi connectivity index (χ0n) is 20.2. The molecule has 2 heterocycles. The van der Waals surface area contributed by atoms with Gasteiger partial charge >= 0.3 is 0 Å². The first kappa shape index (κ1) is 25.1. The van der Waals surface area contributed by atoms with Crippen molar-refractivity contribution in [3.8, 4) is 0 Å². The zero-order valence-corrected chi connectivity index (χ0v) is 20.2. The molecule has 6 unspecified atom stereocenters. The van der Waals surface area contributed by atoms with E-state index in [9.17, 15) is 0 Å². The summed E-state index contributed by atoms with van der Waals surface area (Å²) in [5.74, 6) is 1.17.